The lowest BCUT2D eigenvalue weighted by atomic mass is 9.92. The maximum atomic E-state index is 14.1. The SMILES string of the molecule is CCCC/C=C\C/C=C\CCCCCCCCC(CCCCCCCC/C=C\C/C=C\CCCCC)C(=O)N(CCCCCCCCC)CCCNC. The molecule has 53 heavy (non-hydrogen) atoms. The molecule has 0 bridgehead atoms. The number of hydrogen-bond donors (Lipinski definition) is 1. The molecule has 3 heteroatoms. The van der Waals surface area contributed by atoms with E-state index in [1.54, 1.807) is 0 Å². The Balaban J connectivity index is 4.65. The first kappa shape index (κ1) is 51.4. The van der Waals surface area contributed by atoms with E-state index in [9.17, 15) is 4.79 Å². The zero-order valence-electron chi connectivity index (χ0n) is 36.5. The summed E-state index contributed by atoms with van der Waals surface area (Å²) in [6.45, 7) is 9.68. The lowest BCUT2D eigenvalue weighted by Gasteiger charge is -2.28. The van der Waals surface area contributed by atoms with E-state index >= 15 is 0 Å². The van der Waals surface area contributed by atoms with E-state index in [0.29, 0.717) is 5.91 Å². The average molecular weight is 739 g/mol. The maximum absolute atomic E-state index is 14.1. The Labute approximate surface area is 333 Å². The highest BCUT2D eigenvalue weighted by molar-refractivity contribution is 5.78. The minimum absolute atomic E-state index is 0.223. The summed E-state index contributed by atoms with van der Waals surface area (Å²) in [5.74, 6) is 0.697. The largest absolute Gasteiger partial charge is 0.342 e. The van der Waals surface area contributed by atoms with E-state index in [1.165, 1.54) is 180 Å². The van der Waals surface area contributed by atoms with Gasteiger partial charge in [0.15, 0.2) is 0 Å². The molecule has 1 atom stereocenters. The van der Waals surface area contributed by atoms with Crippen molar-refractivity contribution >= 4 is 5.91 Å². The molecule has 0 saturated carbocycles. The minimum atomic E-state index is 0.223. The van der Waals surface area contributed by atoms with Crippen molar-refractivity contribution in [3.8, 4) is 0 Å². The fourth-order valence-electron chi connectivity index (χ4n) is 7.26. The Bertz CT molecular complexity index is 842. The first-order valence-corrected chi connectivity index (χ1v) is 23.7. The summed E-state index contributed by atoms with van der Waals surface area (Å²) in [6.07, 6.45) is 60.4. The van der Waals surface area contributed by atoms with E-state index in [2.05, 4.69) is 79.6 Å². The van der Waals surface area contributed by atoms with Crippen LogP contribution in [0, 0.1) is 5.92 Å². The highest BCUT2D eigenvalue weighted by Gasteiger charge is 2.23. The van der Waals surface area contributed by atoms with Gasteiger partial charge in [0, 0.05) is 19.0 Å². The van der Waals surface area contributed by atoms with Gasteiger partial charge in [-0.2, -0.15) is 0 Å². The summed E-state index contributed by atoms with van der Waals surface area (Å²) >= 11 is 0. The summed E-state index contributed by atoms with van der Waals surface area (Å²) in [4.78, 5) is 16.4. The van der Waals surface area contributed by atoms with Gasteiger partial charge in [-0.1, -0.05) is 198 Å². The van der Waals surface area contributed by atoms with Gasteiger partial charge in [-0.05, 0) is 97.1 Å². The van der Waals surface area contributed by atoms with Crippen molar-refractivity contribution in [2.45, 2.75) is 233 Å². The molecule has 0 aliphatic heterocycles. The molecule has 0 radical (unpaired) electrons. The summed E-state index contributed by atoms with van der Waals surface area (Å²) in [5, 5.41) is 3.31. The Morgan fingerprint density at radius 1 is 0.434 bits per heavy atom. The van der Waals surface area contributed by atoms with Crippen LogP contribution in [0.1, 0.15) is 233 Å². The van der Waals surface area contributed by atoms with Gasteiger partial charge in [0.25, 0.3) is 0 Å². The van der Waals surface area contributed by atoms with Crippen LogP contribution >= 0.6 is 0 Å². The molecule has 1 amide bonds. The normalized spacial score (nSPS) is 12.8. The van der Waals surface area contributed by atoms with Crippen molar-refractivity contribution in [1.82, 2.24) is 10.2 Å². The Morgan fingerprint density at radius 2 is 0.792 bits per heavy atom. The van der Waals surface area contributed by atoms with E-state index in [1.807, 2.05) is 7.05 Å². The number of nitrogens with zero attached hydrogens (tertiary/aromatic N) is 1. The van der Waals surface area contributed by atoms with Gasteiger partial charge in [-0.3, -0.25) is 4.79 Å². The number of amides is 1. The predicted molar refractivity (Wildman–Crippen MR) is 240 cm³/mol. The van der Waals surface area contributed by atoms with Crippen LogP contribution in [0.4, 0.5) is 0 Å². The number of carbonyl (C=O) groups is 1. The molecule has 0 aromatic heterocycles. The third-order valence-electron chi connectivity index (χ3n) is 10.8. The van der Waals surface area contributed by atoms with Gasteiger partial charge in [-0.25, -0.2) is 0 Å². The molecule has 1 unspecified atom stereocenters. The van der Waals surface area contributed by atoms with Gasteiger partial charge < -0.3 is 10.2 Å². The second kappa shape index (κ2) is 44.8. The minimum Gasteiger partial charge on any atom is -0.342 e. The Hall–Kier alpha value is -1.61. The first-order chi connectivity index (χ1) is 26.2. The average Bonchev–Trinajstić information content (AvgIpc) is 3.17. The first-order valence-electron chi connectivity index (χ1n) is 23.7. The molecule has 310 valence electrons. The van der Waals surface area contributed by atoms with Crippen molar-refractivity contribution in [2.75, 3.05) is 26.7 Å². The van der Waals surface area contributed by atoms with Crippen LogP contribution < -0.4 is 5.32 Å². The molecule has 3 nitrogen and oxygen atoms in total. The summed E-state index contributed by atoms with van der Waals surface area (Å²) in [7, 11) is 2.03. The van der Waals surface area contributed by atoms with Gasteiger partial charge in [0.05, 0.1) is 0 Å². The van der Waals surface area contributed by atoms with E-state index in [4.69, 9.17) is 0 Å². The van der Waals surface area contributed by atoms with Gasteiger partial charge in [0.1, 0.15) is 0 Å². The second-order valence-electron chi connectivity index (χ2n) is 16.0. The third-order valence-corrected chi connectivity index (χ3v) is 10.8. The van der Waals surface area contributed by atoms with Crippen LogP contribution in [0.2, 0.25) is 0 Å². The smallest absolute Gasteiger partial charge is 0.225 e. The highest BCUT2D eigenvalue weighted by atomic mass is 16.2. The molecule has 0 saturated heterocycles. The molecule has 1 N–H and O–H groups in total. The third kappa shape index (κ3) is 38.5. The molecule has 0 fully saturated rings. The van der Waals surface area contributed by atoms with Crippen molar-refractivity contribution in [3.05, 3.63) is 48.6 Å². The highest BCUT2D eigenvalue weighted by Crippen LogP contribution is 2.23. The fourth-order valence-corrected chi connectivity index (χ4v) is 7.26. The van der Waals surface area contributed by atoms with Crippen LogP contribution in [-0.2, 0) is 4.79 Å². The molecule has 0 aromatic carbocycles. The Kier molecular flexibility index (Phi) is 43.4. The van der Waals surface area contributed by atoms with Crippen LogP contribution in [0.5, 0.6) is 0 Å². The molecule has 0 heterocycles. The molecule has 0 aromatic rings. The van der Waals surface area contributed by atoms with Crippen LogP contribution in [0.3, 0.4) is 0 Å². The number of carbonyl (C=O) groups excluding carboxylic acids is 1. The summed E-state index contributed by atoms with van der Waals surface area (Å²) in [5.41, 5.74) is 0. The molecule has 0 rings (SSSR count). The van der Waals surface area contributed by atoms with Gasteiger partial charge in [-0.15, -0.1) is 0 Å². The molecular weight excluding hydrogens is 645 g/mol. The molecular formula is C50H94N2O. The fraction of sp³-hybridized carbons (Fsp3) is 0.820. The topological polar surface area (TPSA) is 32.3 Å². The number of unbranched alkanes of at least 4 members (excludes halogenated alkanes) is 23. The van der Waals surface area contributed by atoms with Gasteiger partial charge >= 0.3 is 0 Å². The van der Waals surface area contributed by atoms with Gasteiger partial charge in [0.2, 0.25) is 5.91 Å². The quantitative estimate of drug-likeness (QED) is 0.0499. The lowest BCUT2D eigenvalue weighted by Crippen LogP contribution is -2.38. The molecule has 0 aliphatic carbocycles. The number of nitrogens with one attached hydrogen (secondary N) is 1. The second-order valence-corrected chi connectivity index (χ2v) is 16.0. The molecule has 0 aliphatic rings. The summed E-state index contributed by atoms with van der Waals surface area (Å²) in [6, 6.07) is 0. The van der Waals surface area contributed by atoms with E-state index in [-0.39, 0.29) is 5.92 Å². The van der Waals surface area contributed by atoms with E-state index in [0.717, 1.165) is 51.7 Å². The summed E-state index contributed by atoms with van der Waals surface area (Å²) < 4.78 is 0. The predicted octanol–water partition coefficient (Wildman–Crippen LogP) is 15.8. The van der Waals surface area contributed by atoms with Crippen LogP contribution in [0.15, 0.2) is 48.6 Å². The van der Waals surface area contributed by atoms with Crippen molar-refractivity contribution in [1.29, 1.82) is 0 Å². The van der Waals surface area contributed by atoms with Crippen molar-refractivity contribution in [3.63, 3.8) is 0 Å². The van der Waals surface area contributed by atoms with Crippen LogP contribution in [-0.4, -0.2) is 37.5 Å². The zero-order valence-corrected chi connectivity index (χ0v) is 36.5. The van der Waals surface area contributed by atoms with Crippen molar-refractivity contribution < 1.29 is 4.79 Å². The number of allylic oxidation sites excluding steroid dienone is 8. The van der Waals surface area contributed by atoms with Crippen LogP contribution in [0.25, 0.3) is 0 Å². The lowest BCUT2D eigenvalue weighted by molar-refractivity contribution is -0.136. The maximum Gasteiger partial charge on any atom is 0.225 e. The van der Waals surface area contributed by atoms with Crippen molar-refractivity contribution in [2.24, 2.45) is 5.92 Å². The molecule has 0 spiro atoms. The van der Waals surface area contributed by atoms with E-state index < -0.39 is 0 Å². The Morgan fingerprint density at radius 3 is 1.26 bits per heavy atom. The number of hydrogen-bond acceptors (Lipinski definition) is 2. The monoisotopic (exact) mass is 739 g/mol. The standard InChI is InChI=1S/C50H94N2O/c1-5-8-11-14-17-19-21-23-25-27-29-31-33-35-38-41-45-49(44-40-37-34-32-30-28-26-24-22-20-18-15-12-9-6-2)50(53)52(48-43-46-51-4)47-42-39-36-16-13-10-7-3/h15,17-19,22-25,49,51H,5-14,16,20-21,26-48H2,1-4H3/b18-15-,19-17-,24-22-,25-23-. The number of rotatable bonds is 42. The zero-order chi connectivity index (χ0) is 38.6.